The molecule has 0 amide bonds. The highest BCUT2D eigenvalue weighted by molar-refractivity contribution is 5.40. The number of alkyl halides is 3. The van der Waals surface area contributed by atoms with Crippen LogP contribution in [0, 0.1) is 5.92 Å². The summed E-state index contributed by atoms with van der Waals surface area (Å²) >= 11 is 0. The molecule has 1 N–H and O–H groups in total. The number of aliphatic hydroxyl groups is 1. The zero-order valence-corrected chi connectivity index (χ0v) is 19.7. The van der Waals surface area contributed by atoms with Crippen LogP contribution in [0.15, 0.2) is 91.6 Å². The molecule has 3 rings (SSSR count). The molecule has 0 aromatic heterocycles. The molecule has 1 fully saturated rings. The van der Waals surface area contributed by atoms with Gasteiger partial charge in [0.2, 0.25) is 0 Å². The van der Waals surface area contributed by atoms with Crippen molar-refractivity contribution >= 4 is 0 Å². The van der Waals surface area contributed by atoms with E-state index in [0.29, 0.717) is 12.4 Å². The molecule has 1 atom stereocenters. The lowest BCUT2D eigenvalue weighted by Crippen LogP contribution is -2.44. The van der Waals surface area contributed by atoms with E-state index in [1.165, 1.54) is 24.3 Å². The predicted molar refractivity (Wildman–Crippen MR) is 131 cm³/mol. The minimum atomic E-state index is -4.71. The fourth-order valence-electron chi connectivity index (χ4n) is 4.60. The highest BCUT2D eigenvalue weighted by Gasteiger charge is 2.41. The first-order chi connectivity index (χ1) is 16.8. The highest BCUT2D eigenvalue weighted by atomic mass is 19.4. The van der Waals surface area contributed by atoms with Crippen LogP contribution >= 0.6 is 0 Å². The van der Waals surface area contributed by atoms with Crippen molar-refractivity contribution in [1.82, 2.24) is 4.90 Å². The summed E-state index contributed by atoms with van der Waals surface area (Å²) in [5.41, 5.74) is 0.470. The van der Waals surface area contributed by atoms with E-state index in [0.717, 1.165) is 50.0 Å². The van der Waals surface area contributed by atoms with Crippen LogP contribution in [0.5, 0.6) is 11.5 Å². The number of benzene rings is 2. The van der Waals surface area contributed by atoms with E-state index in [1.54, 1.807) is 12.2 Å². The van der Waals surface area contributed by atoms with E-state index in [1.807, 2.05) is 36.4 Å². The summed E-state index contributed by atoms with van der Waals surface area (Å²) in [5.74, 6) is 0.266. The molecule has 1 saturated heterocycles. The van der Waals surface area contributed by atoms with Crippen LogP contribution in [0.1, 0.15) is 24.8 Å². The first-order valence-electron chi connectivity index (χ1n) is 11.7. The topological polar surface area (TPSA) is 41.9 Å². The number of nitrogens with zero attached hydrogens (tertiary/aromatic N) is 1. The smallest absolute Gasteiger partial charge is 0.494 e. The van der Waals surface area contributed by atoms with Gasteiger partial charge >= 0.3 is 6.36 Å². The first kappa shape index (κ1) is 26.6. The molecule has 0 radical (unpaired) electrons. The Hall–Kier alpha value is -3.03. The highest BCUT2D eigenvalue weighted by Crippen LogP contribution is 2.42. The molecule has 2 aromatic carbocycles. The molecule has 0 saturated carbocycles. The molecular formula is C28H32F3NO3. The Morgan fingerprint density at radius 3 is 2.20 bits per heavy atom. The van der Waals surface area contributed by atoms with Crippen molar-refractivity contribution in [2.45, 2.75) is 31.2 Å². The number of hydrogen-bond acceptors (Lipinski definition) is 4. The third kappa shape index (κ3) is 7.23. The van der Waals surface area contributed by atoms with Crippen molar-refractivity contribution in [1.29, 1.82) is 0 Å². The van der Waals surface area contributed by atoms with Crippen molar-refractivity contribution in [3.05, 3.63) is 97.1 Å². The first-order valence-corrected chi connectivity index (χ1v) is 11.7. The minimum absolute atomic E-state index is 0.0408. The summed E-state index contributed by atoms with van der Waals surface area (Å²) in [4.78, 5) is 2.34. The fourth-order valence-corrected chi connectivity index (χ4v) is 4.60. The van der Waals surface area contributed by atoms with E-state index in [9.17, 15) is 18.3 Å². The van der Waals surface area contributed by atoms with Crippen molar-refractivity contribution in [2.24, 2.45) is 5.92 Å². The van der Waals surface area contributed by atoms with Crippen LogP contribution in [-0.2, 0) is 5.60 Å². The second kappa shape index (κ2) is 12.1. The Labute approximate surface area is 205 Å². The lowest BCUT2D eigenvalue weighted by molar-refractivity contribution is -0.274. The van der Waals surface area contributed by atoms with Gasteiger partial charge in [0.15, 0.2) is 0 Å². The Morgan fingerprint density at radius 2 is 1.63 bits per heavy atom. The Morgan fingerprint density at radius 1 is 1.00 bits per heavy atom. The van der Waals surface area contributed by atoms with Gasteiger partial charge in [0.1, 0.15) is 17.1 Å². The molecule has 1 aliphatic heterocycles. The molecule has 0 spiro atoms. The molecular weight excluding hydrogens is 455 g/mol. The van der Waals surface area contributed by atoms with Crippen LogP contribution in [0.2, 0.25) is 0 Å². The molecule has 1 unspecified atom stereocenters. The van der Waals surface area contributed by atoms with Gasteiger partial charge < -0.3 is 19.5 Å². The normalized spacial score (nSPS) is 17.4. The van der Waals surface area contributed by atoms with Crippen LogP contribution < -0.4 is 9.47 Å². The summed E-state index contributed by atoms with van der Waals surface area (Å²) in [6.45, 7) is 10.7. The van der Waals surface area contributed by atoms with Crippen LogP contribution in [-0.4, -0.2) is 42.6 Å². The molecule has 2 aromatic rings. The predicted octanol–water partition coefficient (Wildman–Crippen LogP) is 6.25. The van der Waals surface area contributed by atoms with Gasteiger partial charge in [0.05, 0.1) is 6.61 Å². The van der Waals surface area contributed by atoms with Gasteiger partial charge in [-0.25, -0.2) is 0 Å². The maximum absolute atomic E-state index is 12.3. The summed E-state index contributed by atoms with van der Waals surface area (Å²) in [7, 11) is 0. The van der Waals surface area contributed by atoms with Crippen molar-refractivity contribution in [3.63, 3.8) is 0 Å². The van der Waals surface area contributed by atoms with Gasteiger partial charge in [-0.2, -0.15) is 0 Å². The van der Waals surface area contributed by atoms with E-state index >= 15 is 0 Å². The van der Waals surface area contributed by atoms with E-state index < -0.39 is 12.0 Å². The fraction of sp³-hybridized carbons (Fsp3) is 0.357. The average Bonchev–Trinajstić information content (AvgIpc) is 2.85. The van der Waals surface area contributed by atoms with Gasteiger partial charge in [0, 0.05) is 6.54 Å². The molecule has 35 heavy (non-hydrogen) atoms. The third-order valence-corrected chi connectivity index (χ3v) is 6.29. The van der Waals surface area contributed by atoms with Crippen LogP contribution in [0.25, 0.3) is 0 Å². The molecule has 1 heterocycles. The van der Waals surface area contributed by atoms with E-state index in [2.05, 4.69) is 22.8 Å². The zero-order valence-electron chi connectivity index (χ0n) is 19.7. The third-order valence-electron chi connectivity index (χ3n) is 6.29. The molecule has 1 aliphatic rings. The van der Waals surface area contributed by atoms with Crippen molar-refractivity contribution in [2.75, 3.05) is 26.2 Å². The largest absolute Gasteiger partial charge is 0.573 e. The van der Waals surface area contributed by atoms with E-state index in [-0.39, 0.29) is 11.7 Å². The lowest BCUT2D eigenvalue weighted by Gasteiger charge is -2.42. The molecule has 188 valence electrons. The van der Waals surface area contributed by atoms with E-state index in [4.69, 9.17) is 4.74 Å². The minimum Gasteiger partial charge on any atom is -0.494 e. The second-order valence-corrected chi connectivity index (χ2v) is 8.53. The molecule has 0 bridgehead atoms. The van der Waals surface area contributed by atoms with Gasteiger partial charge in [-0.05, 0) is 73.7 Å². The summed E-state index contributed by atoms with van der Waals surface area (Å²) in [6, 6.07) is 15.1. The summed E-state index contributed by atoms with van der Waals surface area (Å²) in [5, 5.41) is 11.9. The number of likely N-dealkylation sites (tertiary alicyclic amines) is 1. The number of hydrogen-bond donors (Lipinski definition) is 1. The van der Waals surface area contributed by atoms with Gasteiger partial charge in [-0.15, -0.1) is 13.2 Å². The average molecular weight is 488 g/mol. The standard InChI is InChI=1S/C28H32F3NO3/c1-3-9-22(4-2)27(33,23-10-6-5-7-11-23)24-16-19-32(20-17-24)18-8-21-34-25-12-14-26(15-13-25)35-28(29,30)31/h3-7,9-15,24,33H,1-2,8,16-21H2/b22-9+. The summed E-state index contributed by atoms with van der Waals surface area (Å²) in [6.07, 6.45) is 2.94. The van der Waals surface area contributed by atoms with Crippen molar-refractivity contribution < 1.29 is 27.8 Å². The van der Waals surface area contributed by atoms with Gasteiger partial charge in [-0.3, -0.25) is 0 Å². The molecule has 0 aliphatic carbocycles. The van der Waals surface area contributed by atoms with Gasteiger partial charge in [-0.1, -0.05) is 61.7 Å². The number of rotatable bonds is 11. The second-order valence-electron chi connectivity index (χ2n) is 8.53. The van der Waals surface area contributed by atoms with Crippen LogP contribution in [0.4, 0.5) is 13.2 Å². The zero-order chi connectivity index (χ0) is 25.3. The Balaban J connectivity index is 1.50. The Bertz CT molecular complexity index is 981. The SMILES string of the molecule is C=C/C=C(\C=C)C(O)(c1ccccc1)C1CCN(CCCOc2ccc(OC(F)(F)F)cc2)CC1. The van der Waals surface area contributed by atoms with Crippen LogP contribution in [0.3, 0.4) is 0 Å². The maximum Gasteiger partial charge on any atom is 0.573 e. The van der Waals surface area contributed by atoms with Gasteiger partial charge in [0.25, 0.3) is 0 Å². The quantitative estimate of drug-likeness (QED) is 0.300. The number of ether oxygens (including phenoxy) is 2. The van der Waals surface area contributed by atoms with Crippen molar-refractivity contribution in [3.8, 4) is 11.5 Å². The monoisotopic (exact) mass is 487 g/mol. The summed E-state index contributed by atoms with van der Waals surface area (Å²) < 4.78 is 46.3. The number of piperidine rings is 1. The maximum atomic E-state index is 12.3. The molecule has 7 heteroatoms. The number of halogens is 3. The molecule has 4 nitrogen and oxygen atoms in total. The number of allylic oxidation sites excluding steroid dienone is 2. The lowest BCUT2D eigenvalue weighted by atomic mass is 9.71. The Kier molecular flexibility index (Phi) is 9.18.